The second-order valence-corrected chi connectivity index (χ2v) is 7.69. The number of carbonyl (C=O) groups excluding carboxylic acids is 1. The Kier molecular flexibility index (Phi) is 6.29. The molecule has 1 atom stereocenters. The molecular weight excluding hydrogens is 394 g/mol. The number of nitrogens with zero attached hydrogens (tertiary/aromatic N) is 4. The molecule has 3 aromatic rings. The summed E-state index contributed by atoms with van der Waals surface area (Å²) < 4.78 is 6.86. The van der Waals surface area contributed by atoms with Gasteiger partial charge in [0.25, 0.3) is 5.56 Å². The Morgan fingerprint density at radius 3 is 2.65 bits per heavy atom. The summed E-state index contributed by atoms with van der Waals surface area (Å²) in [6, 6.07) is 14.3. The molecule has 1 unspecified atom stereocenters. The molecule has 1 saturated heterocycles. The van der Waals surface area contributed by atoms with Gasteiger partial charge in [-0.3, -0.25) is 23.8 Å². The first-order valence-corrected chi connectivity index (χ1v) is 10.4. The molecule has 4 rings (SSSR count). The number of benzene rings is 1. The predicted molar refractivity (Wildman–Crippen MR) is 119 cm³/mol. The van der Waals surface area contributed by atoms with Crippen LogP contribution in [-0.4, -0.2) is 64.4 Å². The average molecular weight is 422 g/mol. The molecule has 2 aromatic heterocycles. The maximum atomic E-state index is 12.7. The number of aromatic nitrogens is 2. The molecule has 162 valence electrons. The Balaban J connectivity index is 1.34. The van der Waals surface area contributed by atoms with Gasteiger partial charge < -0.3 is 10.1 Å². The third kappa shape index (κ3) is 4.76. The van der Waals surface area contributed by atoms with Crippen LogP contribution in [0.3, 0.4) is 0 Å². The van der Waals surface area contributed by atoms with Crippen molar-refractivity contribution in [1.29, 1.82) is 0 Å². The molecule has 1 aliphatic rings. The SMILES string of the molecule is COc1ccccc1NC(=O)C(C)N1CCN(Cc2cc(=O)n3ccccc3n2)CC1. The van der Waals surface area contributed by atoms with E-state index in [9.17, 15) is 9.59 Å². The van der Waals surface area contributed by atoms with Crippen molar-refractivity contribution in [3.8, 4) is 5.75 Å². The number of piperazine rings is 1. The van der Waals surface area contributed by atoms with Crippen molar-refractivity contribution < 1.29 is 9.53 Å². The van der Waals surface area contributed by atoms with Crippen LogP contribution >= 0.6 is 0 Å². The second kappa shape index (κ2) is 9.28. The number of hydrogen-bond acceptors (Lipinski definition) is 6. The van der Waals surface area contributed by atoms with Gasteiger partial charge in [0.15, 0.2) is 0 Å². The molecule has 8 heteroatoms. The first-order valence-electron chi connectivity index (χ1n) is 10.4. The highest BCUT2D eigenvalue weighted by molar-refractivity contribution is 5.95. The monoisotopic (exact) mass is 421 g/mol. The number of pyridine rings is 1. The molecule has 0 radical (unpaired) electrons. The Morgan fingerprint density at radius 1 is 1.13 bits per heavy atom. The first-order chi connectivity index (χ1) is 15.0. The van der Waals surface area contributed by atoms with E-state index in [1.165, 1.54) is 0 Å². The molecule has 1 N–H and O–H groups in total. The normalized spacial score (nSPS) is 16.2. The summed E-state index contributed by atoms with van der Waals surface area (Å²) in [5.74, 6) is 0.592. The second-order valence-electron chi connectivity index (χ2n) is 7.69. The van der Waals surface area contributed by atoms with Crippen molar-refractivity contribution in [2.24, 2.45) is 0 Å². The quantitative estimate of drug-likeness (QED) is 0.655. The molecule has 0 bridgehead atoms. The lowest BCUT2D eigenvalue weighted by Gasteiger charge is -2.37. The van der Waals surface area contributed by atoms with Crippen LogP contribution in [0.4, 0.5) is 5.69 Å². The minimum absolute atomic E-state index is 0.0535. The first kappa shape index (κ1) is 21.0. The minimum Gasteiger partial charge on any atom is -0.495 e. The molecule has 0 spiro atoms. The highest BCUT2D eigenvalue weighted by Gasteiger charge is 2.26. The van der Waals surface area contributed by atoms with E-state index in [-0.39, 0.29) is 17.5 Å². The number of ether oxygens (including phenoxy) is 1. The topological polar surface area (TPSA) is 79.2 Å². The number of anilines is 1. The number of nitrogens with one attached hydrogen (secondary N) is 1. The van der Waals surface area contributed by atoms with Crippen molar-refractivity contribution in [3.63, 3.8) is 0 Å². The molecule has 1 amide bonds. The molecule has 1 aromatic carbocycles. The van der Waals surface area contributed by atoms with Gasteiger partial charge in [0.1, 0.15) is 11.4 Å². The van der Waals surface area contributed by atoms with Gasteiger partial charge in [-0.1, -0.05) is 18.2 Å². The third-order valence-electron chi connectivity index (χ3n) is 5.71. The van der Waals surface area contributed by atoms with Crippen molar-refractivity contribution >= 4 is 17.2 Å². The molecule has 8 nitrogen and oxygen atoms in total. The number of para-hydroxylation sites is 2. The Hall–Kier alpha value is -3.23. The maximum Gasteiger partial charge on any atom is 0.258 e. The minimum atomic E-state index is -0.254. The zero-order valence-electron chi connectivity index (χ0n) is 17.8. The smallest absolute Gasteiger partial charge is 0.258 e. The zero-order chi connectivity index (χ0) is 21.8. The number of methoxy groups -OCH3 is 1. The van der Waals surface area contributed by atoms with Crippen LogP contribution in [-0.2, 0) is 11.3 Å². The van der Waals surface area contributed by atoms with E-state index in [1.807, 2.05) is 49.4 Å². The van der Waals surface area contributed by atoms with E-state index in [0.717, 1.165) is 31.9 Å². The largest absolute Gasteiger partial charge is 0.495 e. The molecule has 1 fully saturated rings. The van der Waals surface area contributed by atoms with E-state index in [2.05, 4.69) is 20.1 Å². The fourth-order valence-corrected chi connectivity index (χ4v) is 3.87. The van der Waals surface area contributed by atoms with E-state index in [4.69, 9.17) is 4.74 Å². The number of rotatable bonds is 6. The summed E-state index contributed by atoms with van der Waals surface area (Å²) in [4.78, 5) is 34.1. The molecular formula is C23H27N5O3. The van der Waals surface area contributed by atoms with Gasteiger partial charge >= 0.3 is 0 Å². The van der Waals surface area contributed by atoms with E-state index < -0.39 is 0 Å². The Morgan fingerprint density at radius 2 is 1.87 bits per heavy atom. The van der Waals surface area contributed by atoms with Crippen molar-refractivity contribution in [1.82, 2.24) is 19.2 Å². The lowest BCUT2D eigenvalue weighted by molar-refractivity contribution is -0.121. The van der Waals surface area contributed by atoms with Gasteiger partial charge in [0.2, 0.25) is 5.91 Å². The summed E-state index contributed by atoms with van der Waals surface area (Å²) in [7, 11) is 1.59. The lowest BCUT2D eigenvalue weighted by Crippen LogP contribution is -2.52. The van der Waals surface area contributed by atoms with Crippen molar-refractivity contribution in [2.45, 2.75) is 19.5 Å². The highest BCUT2D eigenvalue weighted by atomic mass is 16.5. The molecule has 1 aliphatic heterocycles. The van der Waals surface area contributed by atoms with Crippen LogP contribution in [0.1, 0.15) is 12.6 Å². The predicted octanol–water partition coefficient (Wildman–Crippen LogP) is 1.85. The van der Waals surface area contributed by atoms with Crippen LogP contribution in [0.15, 0.2) is 59.5 Å². The van der Waals surface area contributed by atoms with Gasteiger partial charge in [0, 0.05) is 45.0 Å². The Bertz CT molecular complexity index is 1120. The van der Waals surface area contributed by atoms with Crippen molar-refractivity contribution in [3.05, 3.63) is 70.8 Å². The fraction of sp³-hybridized carbons (Fsp3) is 0.348. The van der Waals surface area contributed by atoms with Crippen LogP contribution in [0.2, 0.25) is 0 Å². The summed E-state index contributed by atoms with van der Waals surface area (Å²) >= 11 is 0. The van der Waals surface area contributed by atoms with E-state index in [1.54, 1.807) is 23.8 Å². The van der Waals surface area contributed by atoms with Gasteiger partial charge in [0.05, 0.1) is 24.5 Å². The van der Waals surface area contributed by atoms with Crippen molar-refractivity contribution in [2.75, 3.05) is 38.6 Å². The molecule has 0 aliphatic carbocycles. The zero-order valence-corrected chi connectivity index (χ0v) is 17.8. The van der Waals surface area contributed by atoms with Gasteiger partial charge in [-0.15, -0.1) is 0 Å². The number of hydrogen-bond donors (Lipinski definition) is 1. The fourth-order valence-electron chi connectivity index (χ4n) is 3.87. The summed E-state index contributed by atoms with van der Waals surface area (Å²) in [5.41, 5.74) is 2.03. The standard InChI is InChI=1S/C23H27N5O3/c1-17(23(30)25-19-7-3-4-8-20(19)31-2)27-13-11-26(12-14-27)16-18-15-22(29)28-10-6-5-9-21(28)24-18/h3-10,15,17H,11-14,16H2,1-2H3,(H,25,30). The third-order valence-corrected chi connectivity index (χ3v) is 5.71. The lowest BCUT2D eigenvalue weighted by atomic mass is 10.2. The summed E-state index contributed by atoms with van der Waals surface area (Å²) in [5, 5.41) is 2.97. The van der Waals surface area contributed by atoms with Crippen LogP contribution in [0.5, 0.6) is 5.75 Å². The number of carbonyl (C=O) groups is 1. The van der Waals surface area contributed by atoms with Gasteiger partial charge in [-0.25, -0.2) is 4.98 Å². The van der Waals surface area contributed by atoms with Crippen LogP contribution < -0.4 is 15.6 Å². The molecule has 31 heavy (non-hydrogen) atoms. The summed E-state index contributed by atoms with van der Waals surface area (Å²) in [6.45, 7) is 5.70. The number of fused-ring (bicyclic) bond motifs is 1. The van der Waals surface area contributed by atoms with Gasteiger partial charge in [-0.2, -0.15) is 0 Å². The van der Waals surface area contributed by atoms with Crippen LogP contribution in [0, 0.1) is 0 Å². The maximum absolute atomic E-state index is 12.7. The molecule has 3 heterocycles. The molecule has 0 saturated carbocycles. The summed E-state index contributed by atoms with van der Waals surface area (Å²) in [6.07, 6.45) is 1.73. The number of amides is 1. The average Bonchev–Trinajstić information content (AvgIpc) is 2.79. The Labute approximate surface area is 181 Å². The van der Waals surface area contributed by atoms with Gasteiger partial charge in [-0.05, 0) is 31.2 Å². The van der Waals surface area contributed by atoms with Crippen LogP contribution in [0.25, 0.3) is 5.65 Å². The highest BCUT2D eigenvalue weighted by Crippen LogP contribution is 2.23. The van der Waals surface area contributed by atoms with E-state index in [0.29, 0.717) is 23.6 Å². The van der Waals surface area contributed by atoms with E-state index >= 15 is 0 Å².